The molecule has 0 rings (SSSR count). The molecule has 5 nitrogen and oxygen atoms in total. The predicted molar refractivity (Wildman–Crippen MR) is 87.4 cm³/mol. The van der Waals surface area contributed by atoms with Crippen molar-refractivity contribution in [1.82, 2.24) is 5.32 Å². The topological polar surface area (TPSA) is 75.6 Å². The number of ether oxygens (including phenoxy) is 1. The first-order chi connectivity index (χ1) is 10.2. The number of hydrogen-bond acceptors (Lipinski definition) is 4. The fourth-order valence-corrected chi connectivity index (χ4v) is 1.32. The lowest BCUT2D eigenvalue weighted by Crippen LogP contribution is -2.37. The number of allylic oxidation sites excluding steroid dienone is 4. The minimum Gasteiger partial charge on any atom is -0.389 e. The first-order valence-corrected chi connectivity index (χ1v) is 7.32. The van der Waals surface area contributed by atoms with Gasteiger partial charge >= 0.3 is 0 Å². The summed E-state index contributed by atoms with van der Waals surface area (Å²) in [6.45, 7) is 5.32. The maximum atomic E-state index is 11.5. The van der Waals surface area contributed by atoms with E-state index in [1.807, 2.05) is 13.0 Å². The number of carbonyl (C=O) groups is 2. The zero-order valence-electron chi connectivity index (χ0n) is 13.8. The van der Waals surface area contributed by atoms with E-state index >= 15 is 0 Å². The number of rotatable bonds is 10. The molecule has 0 saturated carbocycles. The second-order valence-electron chi connectivity index (χ2n) is 5.62. The van der Waals surface area contributed by atoms with E-state index in [1.165, 1.54) is 12.2 Å². The van der Waals surface area contributed by atoms with E-state index < -0.39 is 5.60 Å². The highest BCUT2D eigenvalue weighted by molar-refractivity contribution is 5.90. The molecule has 0 aromatic heterocycles. The first kappa shape index (κ1) is 20.3. The molecule has 0 heterocycles. The van der Waals surface area contributed by atoms with E-state index in [-0.39, 0.29) is 24.3 Å². The van der Waals surface area contributed by atoms with Gasteiger partial charge in [0.05, 0.1) is 11.7 Å². The average Bonchev–Trinajstić information content (AvgIpc) is 2.45. The van der Waals surface area contributed by atoms with Gasteiger partial charge in [0.15, 0.2) is 5.78 Å². The van der Waals surface area contributed by atoms with Crippen LogP contribution in [0.1, 0.15) is 33.6 Å². The summed E-state index contributed by atoms with van der Waals surface area (Å²) in [5.74, 6) is -0.280. The largest absolute Gasteiger partial charge is 0.389 e. The highest BCUT2D eigenvalue weighted by Gasteiger charge is 2.12. The fraction of sp³-hybridized carbons (Fsp3) is 0.529. The van der Waals surface area contributed by atoms with Crippen molar-refractivity contribution in [2.24, 2.45) is 0 Å². The van der Waals surface area contributed by atoms with Gasteiger partial charge in [-0.3, -0.25) is 9.59 Å². The maximum Gasteiger partial charge on any atom is 0.243 e. The molecular formula is C17H27NO4. The van der Waals surface area contributed by atoms with E-state index in [0.717, 1.165) is 0 Å². The number of ketones is 1. The van der Waals surface area contributed by atoms with E-state index in [0.29, 0.717) is 12.8 Å². The molecule has 1 unspecified atom stereocenters. The Kier molecular flexibility index (Phi) is 10.1. The third-order valence-corrected chi connectivity index (χ3v) is 2.67. The van der Waals surface area contributed by atoms with E-state index in [1.54, 1.807) is 39.2 Å². The minimum absolute atomic E-state index is 0.00345. The van der Waals surface area contributed by atoms with Crippen LogP contribution in [0.4, 0.5) is 0 Å². The van der Waals surface area contributed by atoms with Crippen molar-refractivity contribution in [3.63, 3.8) is 0 Å². The molecule has 0 aliphatic carbocycles. The van der Waals surface area contributed by atoms with Gasteiger partial charge in [-0.15, -0.1) is 0 Å². The van der Waals surface area contributed by atoms with Crippen LogP contribution in [0, 0.1) is 0 Å². The Morgan fingerprint density at radius 3 is 2.55 bits per heavy atom. The quantitative estimate of drug-likeness (QED) is 0.477. The van der Waals surface area contributed by atoms with Crippen LogP contribution in [0.2, 0.25) is 0 Å². The number of amides is 1. The summed E-state index contributed by atoms with van der Waals surface area (Å²) in [7, 11) is 1.62. The Morgan fingerprint density at radius 2 is 1.95 bits per heavy atom. The molecule has 2 N–H and O–H groups in total. The molecule has 0 radical (unpaired) electrons. The van der Waals surface area contributed by atoms with Gasteiger partial charge in [-0.05, 0) is 39.3 Å². The smallest absolute Gasteiger partial charge is 0.243 e. The molecule has 0 bridgehead atoms. The number of carbonyl (C=O) groups excluding carboxylic acids is 2. The summed E-state index contributed by atoms with van der Waals surface area (Å²) >= 11 is 0. The van der Waals surface area contributed by atoms with Gasteiger partial charge in [-0.2, -0.15) is 0 Å². The van der Waals surface area contributed by atoms with Crippen molar-refractivity contribution in [2.45, 2.75) is 45.3 Å². The molecule has 22 heavy (non-hydrogen) atoms. The minimum atomic E-state index is -0.932. The lowest BCUT2D eigenvalue weighted by molar-refractivity contribution is -0.117. The van der Waals surface area contributed by atoms with Crippen molar-refractivity contribution < 1.29 is 19.4 Å². The monoisotopic (exact) mass is 309 g/mol. The van der Waals surface area contributed by atoms with Crippen molar-refractivity contribution in [3.8, 4) is 0 Å². The fourth-order valence-electron chi connectivity index (χ4n) is 1.32. The Balaban J connectivity index is 3.92. The van der Waals surface area contributed by atoms with E-state index in [2.05, 4.69) is 5.32 Å². The molecule has 0 aromatic rings. The Bertz CT molecular complexity index is 430. The van der Waals surface area contributed by atoms with Gasteiger partial charge in [0.1, 0.15) is 0 Å². The molecule has 1 atom stereocenters. The summed E-state index contributed by atoms with van der Waals surface area (Å²) in [5, 5.41) is 12.0. The normalized spacial score (nSPS) is 14.0. The molecule has 0 fully saturated rings. The second-order valence-corrected chi connectivity index (χ2v) is 5.62. The molecule has 124 valence electrons. The van der Waals surface area contributed by atoms with Gasteiger partial charge in [-0.1, -0.05) is 24.3 Å². The Labute approximate surface area is 132 Å². The second kappa shape index (κ2) is 10.9. The Morgan fingerprint density at radius 1 is 1.27 bits per heavy atom. The zero-order chi connectivity index (χ0) is 17.0. The van der Waals surface area contributed by atoms with Crippen molar-refractivity contribution in [3.05, 3.63) is 36.5 Å². The summed E-state index contributed by atoms with van der Waals surface area (Å²) in [6, 6.07) is 0. The van der Waals surface area contributed by atoms with Gasteiger partial charge in [-0.25, -0.2) is 0 Å². The molecule has 0 saturated heterocycles. The summed E-state index contributed by atoms with van der Waals surface area (Å²) < 4.78 is 5.03. The summed E-state index contributed by atoms with van der Waals surface area (Å²) in [4.78, 5) is 22.9. The van der Waals surface area contributed by atoms with Gasteiger partial charge < -0.3 is 15.2 Å². The van der Waals surface area contributed by atoms with Crippen LogP contribution in [0.3, 0.4) is 0 Å². The van der Waals surface area contributed by atoms with E-state index in [4.69, 9.17) is 4.74 Å². The molecule has 0 aliphatic heterocycles. The van der Waals surface area contributed by atoms with Crippen LogP contribution >= 0.6 is 0 Å². The molecule has 0 spiro atoms. The highest BCUT2D eigenvalue weighted by Crippen LogP contribution is 1.98. The van der Waals surface area contributed by atoms with Crippen LogP contribution in [-0.4, -0.2) is 42.2 Å². The van der Waals surface area contributed by atoms with E-state index in [9.17, 15) is 14.7 Å². The number of nitrogens with one attached hydrogen (secondary N) is 1. The summed E-state index contributed by atoms with van der Waals surface area (Å²) in [5.41, 5.74) is -0.932. The molecule has 0 aromatic carbocycles. The van der Waals surface area contributed by atoms with Crippen molar-refractivity contribution in [2.75, 3.05) is 13.7 Å². The van der Waals surface area contributed by atoms with Crippen LogP contribution in [0.15, 0.2) is 36.5 Å². The lowest BCUT2D eigenvalue weighted by atomic mass is 10.1. The zero-order valence-corrected chi connectivity index (χ0v) is 13.8. The van der Waals surface area contributed by atoms with Crippen molar-refractivity contribution in [1.29, 1.82) is 0 Å². The van der Waals surface area contributed by atoms with Crippen LogP contribution in [-0.2, 0) is 14.3 Å². The number of hydrogen-bond donors (Lipinski definition) is 2. The standard InChI is InChI=1S/C17H27NO4/c1-14(22-4)9-5-6-10-15(19)11-7-8-12-16(20)18-13-17(2,3)21/h5-6,8-10,12,14,21H,7,11,13H2,1-4H3,(H,18,20)/b9-5+,10-6+,12-8+. The molecule has 1 amide bonds. The average molecular weight is 309 g/mol. The van der Waals surface area contributed by atoms with Gasteiger partial charge in [0.2, 0.25) is 5.91 Å². The third kappa shape index (κ3) is 13.3. The predicted octanol–water partition coefficient (Wildman–Crippen LogP) is 1.93. The molecule has 0 aliphatic rings. The summed E-state index contributed by atoms with van der Waals surface area (Å²) in [6.07, 6.45) is 10.7. The lowest BCUT2D eigenvalue weighted by Gasteiger charge is -2.16. The number of methoxy groups -OCH3 is 1. The van der Waals surface area contributed by atoms with Crippen LogP contribution in [0.25, 0.3) is 0 Å². The SMILES string of the molecule is COC(C)/C=C/C=C/C(=O)CC/C=C/C(=O)NCC(C)(C)O. The van der Waals surface area contributed by atoms with Crippen molar-refractivity contribution >= 4 is 11.7 Å². The first-order valence-electron chi connectivity index (χ1n) is 7.32. The number of aliphatic hydroxyl groups is 1. The molecular weight excluding hydrogens is 282 g/mol. The third-order valence-electron chi connectivity index (χ3n) is 2.67. The highest BCUT2D eigenvalue weighted by atomic mass is 16.5. The Hall–Kier alpha value is -1.72. The van der Waals surface area contributed by atoms with Gasteiger partial charge in [0, 0.05) is 20.1 Å². The van der Waals surface area contributed by atoms with Crippen LogP contribution in [0.5, 0.6) is 0 Å². The maximum absolute atomic E-state index is 11.5. The van der Waals surface area contributed by atoms with Gasteiger partial charge in [0.25, 0.3) is 0 Å². The molecule has 5 heteroatoms. The van der Waals surface area contributed by atoms with Crippen LogP contribution < -0.4 is 5.32 Å².